The van der Waals surface area contributed by atoms with Crippen molar-refractivity contribution in [3.8, 4) is 0 Å². The van der Waals surface area contributed by atoms with Crippen molar-refractivity contribution in [1.82, 2.24) is 5.32 Å². The third kappa shape index (κ3) is 6.87. The number of hydrogen-bond acceptors (Lipinski definition) is 1. The van der Waals surface area contributed by atoms with Crippen molar-refractivity contribution in [2.75, 3.05) is 6.54 Å². The van der Waals surface area contributed by atoms with Gasteiger partial charge in [0.15, 0.2) is 0 Å². The molecule has 0 fully saturated rings. The molecule has 0 spiro atoms. The van der Waals surface area contributed by atoms with Gasteiger partial charge < -0.3 is 5.32 Å². The fourth-order valence-corrected chi connectivity index (χ4v) is 2.10. The summed E-state index contributed by atoms with van der Waals surface area (Å²) >= 11 is 0. The second-order valence-corrected chi connectivity index (χ2v) is 5.24. The van der Waals surface area contributed by atoms with Crippen LogP contribution in [0.5, 0.6) is 0 Å². The Balaban J connectivity index is 0.000000231. The Morgan fingerprint density at radius 3 is 1.91 bits per heavy atom. The number of alkyl halides is 3. The molecule has 0 amide bonds. The zero-order chi connectivity index (χ0) is 17.3. The highest BCUT2D eigenvalue weighted by atomic mass is 19.4. The molecule has 0 saturated heterocycles. The van der Waals surface area contributed by atoms with Crippen LogP contribution in [0, 0.1) is 0 Å². The lowest BCUT2D eigenvalue weighted by atomic mass is 10.1. The Morgan fingerprint density at radius 1 is 0.913 bits per heavy atom. The maximum atomic E-state index is 12.0. The van der Waals surface area contributed by atoms with E-state index in [1.54, 1.807) is 0 Å². The van der Waals surface area contributed by atoms with Crippen LogP contribution >= 0.6 is 0 Å². The third-order valence-electron chi connectivity index (χ3n) is 3.50. The van der Waals surface area contributed by atoms with Gasteiger partial charge in [0.1, 0.15) is 0 Å². The highest BCUT2D eigenvalue weighted by molar-refractivity contribution is 5.24. The molecule has 1 N–H and O–H groups in total. The Labute approximate surface area is 136 Å². The highest BCUT2D eigenvalue weighted by Crippen LogP contribution is 2.29. The maximum absolute atomic E-state index is 12.0. The van der Waals surface area contributed by atoms with Crippen LogP contribution in [0.3, 0.4) is 0 Å². The molecule has 2 aromatic carbocycles. The van der Waals surface area contributed by atoms with Gasteiger partial charge >= 0.3 is 6.18 Å². The molecular weight excluding hydrogens is 299 g/mol. The molecule has 0 aromatic heterocycles. The van der Waals surface area contributed by atoms with E-state index in [1.165, 1.54) is 17.7 Å². The Bertz CT molecular complexity index is 547. The molecule has 126 valence electrons. The molecule has 0 radical (unpaired) electrons. The summed E-state index contributed by atoms with van der Waals surface area (Å²) in [4.78, 5) is 0. The van der Waals surface area contributed by atoms with E-state index in [0.29, 0.717) is 6.04 Å². The first-order valence-corrected chi connectivity index (χ1v) is 7.83. The van der Waals surface area contributed by atoms with Crippen LogP contribution in [0.25, 0.3) is 0 Å². The second kappa shape index (κ2) is 9.36. The molecule has 0 bridgehead atoms. The average molecular weight is 323 g/mol. The van der Waals surface area contributed by atoms with Gasteiger partial charge in [-0.1, -0.05) is 56.3 Å². The highest BCUT2D eigenvalue weighted by Gasteiger charge is 2.29. The number of hydrogen-bond donors (Lipinski definition) is 1. The van der Waals surface area contributed by atoms with Crippen molar-refractivity contribution in [2.45, 2.75) is 39.4 Å². The average Bonchev–Trinajstić information content (AvgIpc) is 2.56. The van der Waals surface area contributed by atoms with Crippen molar-refractivity contribution in [3.63, 3.8) is 0 Å². The van der Waals surface area contributed by atoms with E-state index >= 15 is 0 Å². The van der Waals surface area contributed by atoms with Crippen LogP contribution in [0.15, 0.2) is 54.6 Å². The molecular formula is C19H24F3N. The summed E-state index contributed by atoms with van der Waals surface area (Å²) in [6.07, 6.45) is -3.45. The summed E-state index contributed by atoms with van der Waals surface area (Å²) in [5, 5.41) is 3.36. The fraction of sp³-hybridized carbons (Fsp3) is 0.368. The van der Waals surface area contributed by atoms with Crippen LogP contribution in [-0.2, 0) is 12.6 Å². The van der Waals surface area contributed by atoms with Gasteiger partial charge in [0.05, 0.1) is 5.56 Å². The van der Waals surface area contributed by atoms with Gasteiger partial charge in [-0.2, -0.15) is 13.2 Å². The molecule has 1 atom stereocenters. The monoisotopic (exact) mass is 323 g/mol. The van der Waals surface area contributed by atoms with Gasteiger partial charge in [0.25, 0.3) is 0 Å². The molecule has 1 nitrogen and oxygen atoms in total. The first-order valence-electron chi connectivity index (χ1n) is 7.83. The van der Waals surface area contributed by atoms with Gasteiger partial charge in [-0.15, -0.1) is 0 Å². The zero-order valence-corrected chi connectivity index (χ0v) is 13.8. The summed E-state index contributed by atoms with van der Waals surface area (Å²) in [7, 11) is 0. The number of benzene rings is 2. The van der Waals surface area contributed by atoms with Crippen LogP contribution in [0.1, 0.15) is 43.5 Å². The number of nitrogens with one attached hydrogen (secondary N) is 1. The summed E-state index contributed by atoms with van der Waals surface area (Å²) in [6, 6.07) is 16.2. The van der Waals surface area contributed by atoms with Gasteiger partial charge in [0.2, 0.25) is 0 Å². The van der Waals surface area contributed by atoms with Gasteiger partial charge in [-0.3, -0.25) is 0 Å². The first kappa shape index (κ1) is 19.2. The Hall–Kier alpha value is -1.81. The van der Waals surface area contributed by atoms with E-state index in [9.17, 15) is 13.2 Å². The van der Waals surface area contributed by atoms with Gasteiger partial charge in [0, 0.05) is 6.04 Å². The molecule has 23 heavy (non-hydrogen) atoms. The van der Waals surface area contributed by atoms with Crippen LogP contribution in [0.4, 0.5) is 13.2 Å². The van der Waals surface area contributed by atoms with Crippen molar-refractivity contribution in [2.24, 2.45) is 0 Å². The SMILES string of the molecule is CCN[C@H](C)c1ccccc1.CCc1ccc(C(F)(F)F)cc1. The lowest BCUT2D eigenvalue weighted by Gasteiger charge is -2.11. The predicted molar refractivity (Wildman–Crippen MR) is 89.4 cm³/mol. The first-order chi connectivity index (χ1) is 10.9. The number of rotatable bonds is 4. The molecule has 0 saturated carbocycles. The minimum Gasteiger partial charge on any atom is -0.310 e. The van der Waals surface area contributed by atoms with E-state index in [4.69, 9.17) is 0 Å². The van der Waals surface area contributed by atoms with Crippen molar-refractivity contribution in [3.05, 3.63) is 71.3 Å². The van der Waals surface area contributed by atoms with Crippen LogP contribution in [0.2, 0.25) is 0 Å². The molecule has 2 rings (SSSR count). The summed E-state index contributed by atoms with van der Waals surface area (Å²) in [5.41, 5.74) is 1.69. The summed E-state index contributed by atoms with van der Waals surface area (Å²) in [6.45, 7) is 7.23. The topological polar surface area (TPSA) is 12.0 Å². The summed E-state index contributed by atoms with van der Waals surface area (Å²) < 4.78 is 36.1. The van der Waals surface area contributed by atoms with E-state index in [2.05, 4.69) is 43.4 Å². The molecule has 0 aliphatic heterocycles. The van der Waals surface area contributed by atoms with E-state index in [1.807, 2.05) is 13.0 Å². The van der Waals surface area contributed by atoms with Gasteiger partial charge in [-0.05, 0) is 43.1 Å². The molecule has 4 heteroatoms. The van der Waals surface area contributed by atoms with E-state index in [-0.39, 0.29) is 0 Å². The lowest BCUT2D eigenvalue weighted by Crippen LogP contribution is -2.17. The second-order valence-electron chi connectivity index (χ2n) is 5.24. The molecule has 0 unspecified atom stereocenters. The van der Waals surface area contributed by atoms with Crippen molar-refractivity contribution in [1.29, 1.82) is 0 Å². The van der Waals surface area contributed by atoms with Crippen molar-refractivity contribution < 1.29 is 13.2 Å². The summed E-state index contributed by atoms with van der Waals surface area (Å²) in [5.74, 6) is 0. The molecule has 2 aromatic rings. The quantitative estimate of drug-likeness (QED) is 0.769. The van der Waals surface area contributed by atoms with Crippen molar-refractivity contribution >= 4 is 0 Å². The van der Waals surface area contributed by atoms with Gasteiger partial charge in [-0.25, -0.2) is 0 Å². The minimum atomic E-state index is -4.22. The standard InChI is InChI=1S/C10H15N.C9H9F3/c1-3-11-9(2)10-7-5-4-6-8-10;1-2-7-3-5-8(6-4-7)9(10,11)12/h4-9,11H,3H2,1-2H3;3-6H,2H2,1H3/t9-;/m1./s1. The van der Waals surface area contributed by atoms with Crippen LogP contribution < -0.4 is 5.32 Å². The Morgan fingerprint density at radius 2 is 1.48 bits per heavy atom. The smallest absolute Gasteiger partial charge is 0.310 e. The number of halogens is 3. The van der Waals surface area contributed by atoms with Crippen LogP contribution in [-0.4, -0.2) is 6.54 Å². The van der Waals surface area contributed by atoms with E-state index < -0.39 is 11.7 Å². The zero-order valence-electron chi connectivity index (χ0n) is 13.8. The largest absolute Gasteiger partial charge is 0.416 e. The molecule has 0 heterocycles. The van der Waals surface area contributed by atoms with E-state index in [0.717, 1.165) is 30.7 Å². The third-order valence-corrected chi connectivity index (χ3v) is 3.50. The number of aryl methyl sites for hydroxylation is 1. The predicted octanol–water partition coefficient (Wildman–Crippen LogP) is 5.62. The normalized spacial score (nSPS) is 12.3. The molecule has 0 aliphatic carbocycles. The minimum absolute atomic E-state index is 0.473. The lowest BCUT2D eigenvalue weighted by molar-refractivity contribution is -0.137. The maximum Gasteiger partial charge on any atom is 0.416 e. The fourth-order valence-electron chi connectivity index (χ4n) is 2.10. The Kier molecular flexibility index (Phi) is 7.83. The molecule has 0 aliphatic rings.